The van der Waals surface area contributed by atoms with Crippen LogP contribution in [0.3, 0.4) is 0 Å². The van der Waals surface area contributed by atoms with Crippen molar-refractivity contribution in [2.45, 2.75) is 51.0 Å². The molecule has 0 aromatic carbocycles. The van der Waals surface area contributed by atoms with Gasteiger partial charge >= 0.3 is 0 Å². The molecule has 3 rings (SSSR count). The molecule has 6 heteroatoms. The number of nitrogens with zero attached hydrogens (tertiary/aromatic N) is 4. The highest BCUT2D eigenvalue weighted by atomic mass is 16.5. The molecule has 0 bridgehead atoms. The van der Waals surface area contributed by atoms with E-state index in [1.807, 2.05) is 4.90 Å². The summed E-state index contributed by atoms with van der Waals surface area (Å²) in [6, 6.07) is 0.0204. The van der Waals surface area contributed by atoms with E-state index in [1.54, 1.807) is 0 Å². The lowest BCUT2D eigenvalue weighted by atomic mass is 9.95. The van der Waals surface area contributed by atoms with Gasteiger partial charge in [-0.1, -0.05) is 11.6 Å². The Morgan fingerprint density at radius 2 is 1.95 bits per heavy atom. The normalized spacial score (nSPS) is 23.2. The van der Waals surface area contributed by atoms with Crippen molar-refractivity contribution in [1.82, 2.24) is 19.9 Å². The third-order valence-electron chi connectivity index (χ3n) is 4.85. The second-order valence-electron chi connectivity index (χ2n) is 6.16. The van der Waals surface area contributed by atoms with Gasteiger partial charge in [0, 0.05) is 19.0 Å². The number of hydrogen-bond donors (Lipinski definition) is 0. The van der Waals surface area contributed by atoms with Crippen molar-refractivity contribution in [3.63, 3.8) is 0 Å². The van der Waals surface area contributed by atoms with E-state index < -0.39 is 0 Å². The number of amides is 1. The van der Waals surface area contributed by atoms with Crippen LogP contribution in [-0.2, 0) is 4.79 Å². The zero-order chi connectivity index (χ0) is 14.7. The molecule has 1 atom stereocenters. The highest BCUT2D eigenvalue weighted by Crippen LogP contribution is 2.26. The van der Waals surface area contributed by atoms with Crippen LogP contribution in [0.25, 0.3) is 0 Å². The summed E-state index contributed by atoms with van der Waals surface area (Å²) in [6.45, 7) is 5.78. The van der Waals surface area contributed by atoms with Gasteiger partial charge in [-0.15, -0.1) is 0 Å². The van der Waals surface area contributed by atoms with Crippen molar-refractivity contribution in [3.8, 4) is 0 Å². The van der Waals surface area contributed by atoms with Crippen molar-refractivity contribution in [2.24, 2.45) is 0 Å². The molecule has 0 spiro atoms. The van der Waals surface area contributed by atoms with Crippen LogP contribution in [0.2, 0.25) is 0 Å². The summed E-state index contributed by atoms with van der Waals surface area (Å²) in [5, 5.41) is 3.92. The summed E-state index contributed by atoms with van der Waals surface area (Å²) in [5.41, 5.74) is 0. The van der Waals surface area contributed by atoms with Crippen LogP contribution in [0.1, 0.15) is 50.8 Å². The number of hydrogen-bond acceptors (Lipinski definition) is 5. The Hall–Kier alpha value is -1.43. The highest BCUT2D eigenvalue weighted by Gasteiger charge is 2.31. The second-order valence-corrected chi connectivity index (χ2v) is 6.16. The maximum atomic E-state index is 12.6. The van der Waals surface area contributed by atoms with Crippen LogP contribution in [0.15, 0.2) is 10.9 Å². The molecular formula is C15H24N4O2. The largest absolute Gasteiger partial charge is 0.343 e. The number of carbonyl (C=O) groups excluding carboxylic acids is 1. The molecule has 0 saturated carbocycles. The zero-order valence-corrected chi connectivity index (χ0v) is 12.7. The lowest BCUT2D eigenvalue weighted by Crippen LogP contribution is -2.50. The SMILES string of the molecule is C[C@H](C(=O)N1CCC(c2ncon2)CC1)N1CCCCC1. The highest BCUT2D eigenvalue weighted by molar-refractivity contribution is 5.81. The van der Waals surface area contributed by atoms with Crippen molar-refractivity contribution in [3.05, 3.63) is 12.2 Å². The van der Waals surface area contributed by atoms with Gasteiger partial charge in [0.25, 0.3) is 0 Å². The molecule has 6 nitrogen and oxygen atoms in total. The van der Waals surface area contributed by atoms with Gasteiger partial charge in [0.2, 0.25) is 12.3 Å². The first-order chi connectivity index (χ1) is 10.3. The molecule has 1 aromatic rings. The molecule has 3 heterocycles. The number of carbonyl (C=O) groups is 1. The number of rotatable bonds is 3. The molecule has 2 saturated heterocycles. The number of likely N-dealkylation sites (tertiary alicyclic amines) is 2. The fourth-order valence-electron chi connectivity index (χ4n) is 3.44. The molecule has 0 N–H and O–H groups in total. The molecule has 2 aliphatic heterocycles. The summed E-state index contributed by atoms with van der Waals surface area (Å²) in [4.78, 5) is 21.1. The molecule has 0 unspecified atom stereocenters. The molecule has 1 aromatic heterocycles. The molecule has 2 fully saturated rings. The molecule has 21 heavy (non-hydrogen) atoms. The predicted octanol–water partition coefficient (Wildman–Crippen LogP) is 1.65. The topological polar surface area (TPSA) is 62.5 Å². The van der Waals surface area contributed by atoms with Gasteiger partial charge in [-0.25, -0.2) is 0 Å². The lowest BCUT2D eigenvalue weighted by molar-refractivity contribution is -0.137. The average Bonchev–Trinajstić information content (AvgIpc) is 3.09. The first-order valence-corrected chi connectivity index (χ1v) is 8.05. The van der Waals surface area contributed by atoms with E-state index in [-0.39, 0.29) is 11.9 Å². The van der Waals surface area contributed by atoms with Gasteiger partial charge in [0.1, 0.15) is 0 Å². The summed E-state index contributed by atoms with van der Waals surface area (Å²) in [7, 11) is 0. The third kappa shape index (κ3) is 3.26. The van der Waals surface area contributed by atoms with E-state index in [0.717, 1.165) is 44.8 Å². The first kappa shape index (κ1) is 14.5. The maximum Gasteiger partial charge on any atom is 0.239 e. The number of piperidine rings is 2. The van der Waals surface area contributed by atoms with Gasteiger partial charge in [-0.3, -0.25) is 9.69 Å². The van der Waals surface area contributed by atoms with Crippen LogP contribution in [0.4, 0.5) is 0 Å². The fourth-order valence-corrected chi connectivity index (χ4v) is 3.44. The van der Waals surface area contributed by atoms with Gasteiger partial charge in [0.15, 0.2) is 5.82 Å². The van der Waals surface area contributed by atoms with Crippen LogP contribution in [-0.4, -0.2) is 58.1 Å². The van der Waals surface area contributed by atoms with Gasteiger partial charge < -0.3 is 9.42 Å². The Bertz CT molecular complexity index is 448. The van der Waals surface area contributed by atoms with Crippen molar-refractivity contribution in [1.29, 1.82) is 0 Å². The summed E-state index contributed by atoms with van der Waals surface area (Å²) in [5.74, 6) is 1.40. The molecular weight excluding hydrogens is 268 g/mol. The first-order valence-electron chi connectivity index (χ1n) is 8.05. The van der Waals surface area contributed by atoms with E-state index >= 15 is 0 Å². The summed E-state index contributed by atoms with van der Waals surface area (Å²) < 4.78 is 4.81. The Morgan fingerprint density at radius 1 is 1.24 bits per heavy atom. The summed E-state index contributed by atoms with van der Waals surface area (Å²) in [6.07, 6.45) is 6.98. The van der Waals surface area contributed by atoms with Gasteiger partial charge in [0.05, 0.1) is 6.04 Å². The van der Waals surface area contributed by atoms with E-state index in [0.29, 0.717) is 5.92 Å². The number of aromatic nitrogens is 2. The van der Waals surface area contributed by atoms with Crippen LogP contribution < -0.4 is 0 Å². The maximum absolute atomic E-state index is 12.6. The fraction of sp³-hybridized carbons (Fsp3) is 0.800. The second kappa shape index (κ2) is 6.56. The molecule has 116 valence electrons. The molecule has 0 aliphatic carbocycles. The Labute approximate surface area is 125 Å². The molecule has 1 amide bonds. The van der Waals surface area contributed by atoms with E-state index in [2.05, 4.69) is 22.0 Å². The monoisotopic (exact) mass is 292 g/mol. The third-order valence-corrected chi connectivity index (χ3v) is 4.85. The Morgan fingerprint density at radius 3 is 2.57 bits per heavy atom. The summed E-state index contributed by atoms with van der Waals surface area (Å²) >= 11 is 0. The molecule has 2 aliphatic rings. The van der Waals surface area contributed by atoms with Crippen LogP contribution in [0, 0.1) is 0 Å². The van der Waals surface area contributed by atoms with E-state index in [4.69, 9.17) is 4.52 Å². The van der Waals surface area contributed by atoms with Gasteiger partial charge in [-0.05, 0) is 45.7 Å². The van der Waals surface area contributed by atoms with E-state index in [9.17, 15) is 4.79 Å². The lowest BCUT2D eigenvalue weighted by Gasteiger charge is -2.37. The minimum absolute atomic E-state index is 0.0204. The average molecular weight is 292 g/mol. The minimum Gasteiger partial charge on any atom is -0.343 e. The predicted molar refractivity (Wildman–Crippen MR) is 77.7 cm³/mol. The van der Waals surface area contributed by atoms with Crippen molar-refractivity contribution in [2.75, 3.05) is 26.2 Å². The van der Waals surface area contributed by atoms with Crippen LogP contribution >= 0.6 is 0 Å². The van der Waals surface area contributed by atoms with Crippen LogP contribution in [0.5, 0.6) is 0 Å². The Kier molecular flexibility index (Phi) is 4.53. The smallest absolute Gasteiger partial charge is 0.239 e. The molecule has 0 radical (unpaired) electrons. The van der Waals surface area contributed by atoms with E-state index in [1.165, 1.54) is 25.7 Å². The quantitative estimate of drug-likeness (QED) is 0.847. The van der Waals surface area contributed by atoms with Gasteiger partial charge in [-0.2, -0.15) is 4.98 Å². The standard InChI is InChI=1S/C15H24N4O2/c1-12(18-7-3-2-4-8-18)15(20)19-9-5-13(6-10-19)14-16-11-21-17-14/h11-13H,2-10H2,1H3/t12-/m1/s1. The zero-order valence-electron chi connectivity index (χ0n) is 12.7. The minimum atomic E-state index is 0.0204. The van der Waals surface area contributed by atoms with Crippen molar-refractivity contribution < 1.29 is 9.32 Å². The Balaban J connectivity index is 1.52. The van der Waals surface area contributed by atoms with Crippen molar-refractivity contribution >= 4 is 5.91 Å².